The van der Waals surface area contributed by atoms with E-state index < -0.39 is 0 Å². The van der Waals surface area contributed by atoms with Crippen molar-refractivity contribution >= 4 is 0 Å². The summed E-state index contributed by atoms with van der Waals surface area (Å²) < 4.78 is 10.2. The number of nitrogens with zero attached hydrogens (tertiary/aromatic N) is 3. The Labute approximate surface area is 93.0 Å². The summed E-state index contributed by atoms with van der Waals surface area (Å²) in [7, 11) is 1.95. The third-order valence-corrected chi connectivity index (χ3v) is 2.12. The molecule has 16 heavy (non-hydrogen) atoms. The van der Waals surface area contributed by atoms with Crippen molar-refractivity contribution in [2.45, 2.75) is 6.54 Å². The van der Waals surface area contributed by atoms with Crippen molar-refractivity contribution in [3.05, 3.63) is 24.2 Å². The molecule has 2 heterocycles. The maximum Gasteiger partial charge on any atom is 0.293 e. The minimum absolute atomic E-state index is 0.404. The Hall–Kier alpha value is -1.66. The molecule has 2 aromatic heterocycles. The van der Waals surface area contributed by atoms with Crippen LogP contribution in [0.1, 0.15) is 5.82 Å². The molecule has 0 spiro atoms. The van der Waals surface area contributed by atoms with Crippen molar-refractivity contribution in [2.75, 3.05) is 20.1 Å². The van der Waals surface area contributed by atoms with Gasteiger partial charge in [0, 0.05) is 13.1 Å². The molecule has 0 unspecified atom stereocenters. The van der Waals surface area contributed by atoms with Gasteiger partial charge in [-0.1, -0.05) is 5.16 Å². The smallest absolute Gasteiger partial charge is 0.293 e. The first kappa shape index (κ1) is 10.8. The zero-order valence-electron chi connectivity index (χ0n) is 9.09. The van der Waals surface area contributed by atoms with Gasteiger partial charge in [0.25, 0.3) is 5.89 Å². The van der Waals surface area contributed by atoms with Crippen LogP contribution in [0, 0.1) is 0 Å². The molecule has 6 heteroatoms. The topological polar surface area (TPSA) is 81.3 Å². The van der Waals surface area contributed by atoms with Crippen molar-refractivity contribution in [2.24, 2.45) is 5.73 Å². The van der Waals surface area contributed by atoms with E-state index in [1.54, 1.807) is 18.4 Å². The first-order valence-corrected chi connectivity index (χ1v) is 5.04. The number of furan rings is 1. The molecule has 6 nitrogen and oxygen atoms in total. The van der Waals surface area contributed by atoms with E-state index in [1.165, 1.54) is 0 Å². The Kier molecular flexibility index (Phi) is 3.33. The highest BCUT2D eigenvalue weighted by Crippen LogP contribution is 2.17. The van der Waals surface area contributed by atoms with Crippen molar-refractivity contribution in [3.63, 3.8) is 0 Å². The molecule has 0 radical (unpaired) electrons. The van der Waals surface area contributed by atoms with Gasteiger partial charge in [-0.25, -0.2) is 0 Å². The summed E-state index contributed by atoms with van der Waals surface area (Å²) >= 11 is 0. The third-order valence-electron chi connectivity index (χ3n) is 2.12. The summed E-state index contributed by atoms with van der Waals surface area (Å²) in [5.41, 5.74) is 5.44. The predicted octanol–water partition coefficient (Wildman–Crippen LogP) is 0.720. The van der Waals surface area contributed by atoms with Crippen LogP contribution in [0.25, 0.3) is 11.7 Å². The molecule has 0 amide bonds. The normalized spacial score (nSPS) is 11.2. The van der Waals surface area contributed by atoms with Gasteiger partial charge in [-0.15, -0.1) is 0 Å². The van der Waals surface area contributed by atoms with Gasteiger partial charge in [0.05, 0.1) is 12.8 Å². The number of aromatic nitrogens is 2. The second-order valence-electron chi connectivity index (χ2n) is 3.52. The van der Waals surface area contributed by atoms with Gasteiger partial charge < -0.3 is 14.7 Å². The van der Waals surface area contributed by atoms with Gasteiger partial charge in [0.2, 0.25) is 0 Å². The van der Waals surface area contributed by atoms with E-state index in [9.17, 15) is 0 Å². The number of rotatable bonds is 5. The molecule has 2 aromatic rings. The van der Waals surface area contributed by atoms with Crippen LogP contribution in [0.2, 0.25) is 0 Å². The minimum Gasteiger partial charge on any atom is -0.459 e. The second kappa shape index (κ2) is 4.91. The summed E-state index contributed by atoms with van der Waals surface area (Å²) in [6, 6.07) is 3.56. The maximum absolute atomic E-state index is 5.44. The van der Waals surface area contributed by atoms with E-state index >= 15 is 0 Å². The largest absolute Gasteiger partial charge is 0.459 e. The molecule has 0 saturated carbocycles. The van der Waals surface area contributed by atoms with E-state index in [2.05, 4.69) is 10.1 Å². The van der Waals surface area contributed by atoms with E-state index in [0.29, 0.717) is 30.6 Å². The lowest BCUT2D eigenvalue weighted by atomic mass is 10.4. The summed E-state index contributed by atoms with van der Waals surface area (Å²) in [6.45, 7) is 2.02. The molecule has 0 fully saturated rings. The van der Waals surface area contributed by atoms with Gasteiger partial charge in [-0.05, 0) is 19.2 Å². The second-order valence-corrected chi connectivity index (χ2v) is 3.52. The van der Waals surface area contributed by atoms with Crippen molar-refractivity contribution in [1.82, 2.24) is 15.0 Å². The van der Waals surface area contributed by atoms with Crippen molar-refractivity contribution in [1.29, 1.82) is 0 Å². The third kappa shape index (κ3) is 2.47. The molecule has 2 N–H and O–H groups in total. The van der Waals surface area contributed by atoms with Crippen LogP contribution in [-0.4, -0.2) is 35.2 Å². The van der Waals surface area contributed by atoms with Crippen LogP contribution in [0.4, 0.5) is 0 Å². The fraction of sp³-hybridized carbons (Fsp3) is 0.400. The summed E-state index contributed by atoms with van der Waals surface area (Å²) in [5, 5.41) is 3.87. The molecular formula is C10H14N4O2. The molecule has 0 saturated heterocycles. The van der Waals surface area contributed by atoms with Gasteiger partial charge in [-0.3, -0.25) is 4.90 Å². The molecule has 0 atom stereocenters. The average molecular weight is 222 g/mol. The summed E-state index contributed by atoms with van der Waals surface area (Å²) in [5.74, 6) is 1.61. The van der Waals surface area contributed by atoms with Crippen LogP contribution in [0.5, 0.6) is 0 Å². The van der Waals surface area contributed by atoms with Crippen LogP contribution in [0.3, 0.4) is 0 Å². The van der Waals surface area contributed by atoms with Gasteiger partial charge in [0.1, 0.15) is 0 Å². The zero-order chi connectivity index (χ0) is 11.4. The summed E-state index contributed by atoms with van der Waals surface area (Å²) in [4.78, 5) is 6.25. The molecule has 0 aromatic carbocycles. The fourth-order valence-corrected chi connectivity index (χ4v) is 1.36. The Balaban J connectivity index is 2.03. The van der Waals surface area contributed by atoms with E-state index in [4.69, 9.17) is 14.7 Å². The van der Waals surface area contributed by atoms with Crippen LogP contribution in [-0.2, 0) is 6.54 Å². The standard InChI is InChI=1S/C10H14N4O2/c1-14(5-4-11)7-9-12-10(16-13-9)8-3-2-6-15-8/h2-3,6H,4-5,7,11H2,1H3. The van der Waals surface area contributed by atoms with Crippen LogP contribution >= 0.6 is 0 Å². The van der Waals surface area contributed by atoms with E-state index in [-0.39, 0.29) is 0 Å². The highest BCUT2D eigenvalue weighted by molar-refractivity contribution is 5.42. The predicted molar refractivity (Wildman–Crippen MR) is 57.4 cm³/mol. The van der Waals surface area contributed by atoms with Gasteiger partial charge in [-0.2, -0.15) is 4.98 Å². The number of likely N-dealkylation sites (N-methyl/N-ethyl adjacent to an activating group) is 1. The van der Waals surface area contributed by atoms with Crippen LogP contribution in [0.15, 0.2) is 27.3 Å². The van der Waals surface area contributed by atoms with Gasteiger partial charge >= 0.3 is 0 Å². The zero-order valence-corrected chi connectivity index (χ0v) is 9.09. The first-order valence-electron chi connectivity index (χ1n) is 5.04. The molecule has 86 valence electrons. The Morgan fingerprint density at radius 2 is 2.38 bits per heavy atom. The highest BCUT2D eigenvalue weighted by Gasteiger charge is 2.11. The van der Waals surface area contributed by atoms with E-state index in [0.717, 1.165) is 6.54 Å². The maximum atomic E-state index is 5.44. The monoisotopic (exact) mass is 222 g/mol. The minimum atomic E-state index is 0.404. The Bertz CT molecular complexity index is 424. The first-order chi connectivity index (χ1) is 7.79. The number of hydrogen-bond donors (Lipinski definition) is 1. The SMILES string of the molecule is CN(CCN)Cc1noc(-c2ccco2)n1. The molecule has 2 rings (SSSR count). The summed E-state index contributed by atoms with van der Waals surface area (Å²) in [6.07, 6.45) is 1.57. The molecular weight excluding hydrogens is 208 g/mol. The van der Waals surface area contributed by atoms with Crippen LogP contribution < -0.4 is 5.73 Å². The lowest BCUT2D eigenvalue weighted by molar-refractivity contribution is 0.317. The number of nitrogens with two attached hydrogens (primary N) is 1. The van der Waals surface area contributed by atoms with Crippen molar-refractivity contribution in [3.8, 4) is 11.7 Å². The average Bonchev–Trinajstić information content (AvgIpc) is 2.86. The molecule has 0 aliphatic carbocycles. The quantitative estimate of drug-likeness (QED) is 0.802. The molecule has 0 aliphatic rings. The Morgan fingerprint density at radius 3 is 3.06 bits per heavy atom. The molecule has 0 aliphatic heterocycles. The highest BCUT2D eigenvalue weighted by atomic mass is 16.5. The fourth-order valence-electron chi connectivity index (χ4n) is 1.36. The van der Waals surface area contributed by atoms with Crippen molar-refractivity contribution < 1.29 is 8.94 Å². The van der Waals surface area contributed by atoms with E-state index in [1.807, 2.05) is 11.9 Å². The lowest BCUT2D eigenvalue weighted by Gasteiger charge is -2.11. The van der Waals surface area contributed by atoms with Gasteiger partial charge in [0.15, 0.2) is 11.6 Å². The molecule has 0 bridgehead atoms. The Morgan fingerprint density at radius 1 is 1.50 bits per heavy atom. The number of hydrogen-bond acceptors (Lipinski definition) is 6. The lowest BCUT2D eigenvalue weighted by Crippen LogP contribution is -2.25.